The van der Waals surface area contributed by atoms with Crippen molar-refractivity contribution in [2.45, 2.75) is 111 Å². The fourth-order valence-electron chi connectivity index (χ4n) is 2.66. The molecule has 0 aliphatic heterocycles. The van der Waals surface area contributed by atoms with Crippen LogP contribution in [-0.4, -0.2) is 6.54 Å². The molecule has 1 nitrogen and oxygen atoms in total. The maximum atomic E-state index is 3.41. The summed E-state index contributed by atoms with van der Waals surface area (Å²) in [5.41, 5.74) is 0. The lowest BCUT2D eigenvalue weighted by Gasteiger charge is -2.06. The molecule has 0 aromatic rings. The zero-order chi connectivity index (χ0) is 14.9. The van der Waals surface area contributed by atoms with E-state index in [1.54, 1.807) is 0 Å². The lowest BCUT2D eigenvalue weighted by Crippen LogP contribution is -2.16. The Labute approximate surface area is 129 Å². The molecule has 0 rings (SSSR count). The zero-order valence-electron chi connectivity index (χ0n) is 14.6. The van der Waals surface area contributed by atoms with Crippen molar-refractivity contribution in [3.63, 3.8) is 0 Å². The average Bonchev–Trinajstić information content (AvgIpc) is 2.43. The predicted molar refractivity (Wildman–Crippen MR) is 92.9 cm³/mol. The molecule has 0 heterocycles. The van der Waals surface area contributed by atoms with Crippen LogP contribution in [0.2, 0.25) is 0 Å². The van der Waals surface area contributed by atoms with Crippen molar-refractivity contribution < 1.29 is 0 Å². The van der Waals surface area contributed by atoms with E-state index >= 15 is 0 Å². The lowest BCUT2D eigenvalue weighted by molar-refractivity contribution is 0.531. The monoisotopic (exact) mass is 282 g/mol. The zero-order valence-corrected chi connectivity index (χ0v) is 14.6. The van der Waals surface area contributed by atoms with Gasteiger partial charge in [-0.2, -0.15) is 0 Å². The quantitative estimate of drug-likeness (QED) is 0.313. The topological polar surface area (TPSA) is 12.0 Å². The van der Waals surface area contributed by atoms with Gasteiger partial charge in [-0.15, -0.1) is 0 Å². The number of rotatable bonds is 16. The Balaban J connectivity index is 2.92. The van der Waals surface area contributed by atoms with Crippen LogP contribution >= 0.6 is 0 Å². The molecule has 0 unspecified atom stereocenters. The van der Waals surface area contributed by atoms with E-state index in [0.717, 1.165) is 0 Å². The smallest absolute Gasteiger partial charge is 0.0301 e. The number of unbranched alkanes of at least 4 members (excludes halogenated alkanes) is 13. The highest BCUT2D eigenvalue weighted by Crippen LogP contribution is 2.12. The van der Waals surface area contributed by atoms with Crippen molar-refractivity contribution in [2.75, 3.05) is 6.54 Å². The van der Waals surface area contributed by atoms with Crippen LogP contribution in [0.3, 0.4) is 0 Å². The van der Waals surface area contributed by atoms with E-state index < -0.39 is 0 Å². The molecule has 0 aliphatic rings. The SMILES string of the molecule is CCCCCCCCCCCCCCCCN[C](C)C. The Morgan fingerprint density at radius 2 is 0.900 bits per heavy atom. The summed E-state index contributed by atoms with van der Waals surface area (Å²) in [6, 6.07) is 1.35. The Bertz CT molecular complexity index is 165. The van der Waals surface area contributed by atoms with Crippen molar-refractivity contribution in [3.05, 3.63) is 6.04 Å². The molecule has 0 fully saturated rings. The van der Waals surface area contributed by atoms with Gasteiger partial charge in [0.1, 0.15) is 0 Å². The summed E-state index contributed by atoms with van der Waals surface area (Å²) in [6.07, 6.45) is 20.2. The molecule has 0 aromatic heterocycles. The van der Waals surface area contributed by atoms with Gasteiger partial charge in [-0.3, -0.25) is 0 Å². The first-order valence-corrected chi connectivity index (χ1v) is 9.31. The summed E-state index contributed by atoms with van der Waals surface area (Å²) < 4.78 is 0. The molecule has 0 bridgehead atoms. The first-order valence-electron chi connectivity index (χ1n) is 9.31. The van der Waals surface area contributed by atoms with Crippen molar-refractivity contribution in [3.8, 4) is 0 Å². The molecule has 1 heteroatoms. The van der Waals surface area contributed by atoms with E-state index in [2.05, 4.69) is 26.1 Å². The van der Waals surface area contributed by atoms with Gasteiger partial charge in [0.2, 0.25) is 0 Å². The molecule has 20 heavy (non-hydrogen) atoms. The van der Waals surface area contributed by atoms with Gasteiger partial charge in [0.05, 0.1) is 0 Å². The maximum absolute atomic E-state index is 3.41. The summed E-state index contributed by atoms with van der Waals surface area (Å²) >= 11 is 0. The van der Waals surface area contributed by atoms with Crippen LogP contribution in [0.4, 0.5) is 0 Å². The summed E-state index contributed by atoms with van der Waals surface area (Å²) in [5, 5.41) is 3.41. The molecule has 0 saturated heterocycles. The van der Waals surface area contributed by atoms with Crippen LogP contribution in [0, 0.1) is 6.04 Å². The average molecular weight is 283 g/mol. The third kappa shape index (κ3) is 18.0. The minimum Gasteiger partial charge on any atom is -0.310 e. The summed E-state index contributed by atoms with van der Waals surface area (Å²) in [5.74, 6) is 0. The van der Waals surface area contributed by atoms with E-state index in [-0.39, 0.29) is 0 Å². The molecule has 0 saturated carbocycles. The minimum absolute atomic E-state index is 1.17. The predicted octanol–water partition coefficient (Wildman–Crippen LogP) is 6.63. The molecule has 0 atom stereocenters. The number of hydrogen-bond acceptors (Lipinski definition) is 1. The second kappa shape index (κ2) is 17.0. The Morgan fingerprint density at radius 1 is 0.550 bits per heavy atom. The van der Waals surface area contributed by atoms with Crippen molar-refractivity contribution in [1.82, 2.24) is 5.32 Å². The van der Waals surface area contributed by atoms with E-state index in [1.165, 1.54) is 102 Å². The van der Waals surface area contributed by atoms with Crippen LogP contribution in [0.5, 0.6) is 0 Å². The molecule has 1 radical (unpaired) electrons. The lowest BCUT2D eigenvalue weighted by atomic mass is 10.0. The largest absolute Gasteiger partial charge is 0.310 e. The highest BCUT2D eigenvalue weighted by molar-refractivity contribution is 4.71. The fourth-order valence-corrected chi connectivity index (χ4v) is 2.66. The van der Waals surface area contributed by atoms with Crippen LogP contribution in [-0.2, 0) is 0 Å². The van der Waals surface area contributed by atoms with Gasteiger partial charge in [0.15, 0.2) is 0 Å². The Hall–Kier alpha value is -0.0400. The van der Waals surface area contributed by atoms with Crippen LogP contribution in [0.1, 0.15) is 111 Å². The molecule has 0 aromatic carbocycles. The summed E-state index contributed by atoms with van der Waals surface area (Å²) in [6.45, 7) is 7.74. The van der Waals surface area contributed by atoms with Gasteiger partial charge in [0.25, 0.3) is 0 Å². The van der Waals surface area contributed by atoms with Gasteiger partial charge >= 0.3 is 0 Å². The van der Waals surface area contributed by atoms with Crippen LogP contribution in [0.15, 0.2) is 0 Å². The second-order valence-electron chi connectivity index (χ2n) is 6.52. The number of nitrogens with one attached hydrogen (secondary N) is 1. The van der Waals surface area contributed by atoms with Gasteiger partial charge in [0, 0.05) is 6.04 Å². The molecular weight excluding hydrogens is 242 g/mol. The molecule has 0 spiro atoms. The molecule has 0 amide bonds. The highest BCUT2D eigenvalue weighted by Gasteiger charge is 1.95. The third-order valence-electron chi connectivity index (χ3n) is 4.01. The van der Waals surface area contributed by atoms with Crippen molar-refractivity contribution in [2.24, 2.45) is 0 Å². The summed E-state index contributed by atoms with van der Waals surface area (Å²) in [4.78, 5) is 0. The molecular formula is C19H40N. The Kier molecular flexibility index (Phi) is 17.0. The minimum atomic E-state index is 1.17. The standard InChI is InChI=1S/C19H40N/c1-4-5-6-7-8-9-10-11-12-13-14-15-16-17-18-20-19(2)3/h20H,4-18H2,1-3H3. The maximum Gasteiger partial charge on any atom is 0.0301 e. The molecule has 121 valence electrons. The van der Waals surface area contributed by atoms with Gasteiger partial charge < -0.3 is 5.32 Å². The second-order valence-corrected chi connectivity index (χ2v) is 6.52. The highest BCUT2D eigenvalue weighted by atomic mass is 14.9. The van der Waals surface area contributed by atoms with Crippen LogP contribution < -0.4 is 5.32 Å². The first-order chi connectivity index (χ1) is 9.77. The Morgan fingerprint density at radius 3 is 1.25 bits per heavy atom. The third-order valence-corrected chi connectivity index (χ3v) is 4.01. The van der Waals surface area contributed by atoms with Gasteiger partial charge in [-0.25, -0.2) is 0 Å². The van der Waals surface area contributed by atoms with Crippen molar-refractivity contribution >= 4 is 0 Å². The van der Waals surface area contributed by atoms with Gasteiger partial charge in [-0.1, -0.05) is 90.4 Å². The fraction of sp³-hybridized carbons (Fsp3) is 0.947. The summed E-state index contributed by atoms with van der Waals surface area (Å²) in [7, 11) is 0. The number of hydrogen-bond donors (Lipinski definition) is 1. The van der Waals surface area contributed by atoms with E-state index in [1.807, 2.05) is 0 Å². The van der Waals surface area contributed by atoms with Crippen LogP contribution in [0.25, 0.3) is 0 Å². The molecule has 0 aliphatic carbocycles. The molecule has 1 N–H and O–H groups in total. The first kappa shape index (κ1) is 20.0. The van der Waals surface area contributed by atoms with Crippen molar-refractivity contribution in [1.29, 1.82) is 0 Å². The normalized spacial score (nSPS) is 11.4. The van der Waals surface area contributed by atoms with E-state index in [0.29, 0.717) is 0 Å². The van der Waals surface area contributed by atoms with E-state index in [4.69, 9.17) is 0 Å². The van der Waals surface area contributed by atoms with Gasteiger partial charge in [-0.05, 0) is 26.8 Å². The van der Waals surface area contributed by atoms with E-state index in [9.17, 15) is 0 Å².